The summed E-state index contributed by atoms with van der Waals surface area (Å²) in [6.07, 6.45) is 0. The summed E-state index contributed by atoms with van der Waals surface area (Å²) in [5.74, 6) is 0.754. The standard InChI is InChI=1S/C11H19N5/c1-7-6-16(8(2)5-12-7)11-13-9(3)10(4)14-15-11/h7-8,12H,5-6H2,1-4H3. The minimum Gasteiger partial charge on any atom is -0.334 e. The first kappa shape index (κ1) is 11.3. The number of anilines is 1. The molecule has 0 aromatic carbocycles. The Morgan fingerprint density at radius 2 is 1.94 bits per heavy atom. The van der Waals surface area contributed by atoms with Crippen molar-refractivity contribution < 1.29 is 0 Å². The van der Waals surface area contributed by atoms with Crippen LogP contribution in [0.2, 0.25) is 0 Å². The lowest BCUT2D eigenvalue weighted by molar-refractivity contribution is 0.418. The van der Waals surface area contributed by atoms with Gasteiger partial charge in [-0.3, -0.25) is 0 Å². The van der Waals surface area contributed by atoms with E-state index < -0.39 is 0 Å². The fourth-order valence-corrected chi connectivity index (χ4v) is 1.87. The summed E-state index contributed by atoms with van der Waals surface area (Å²) in [5.41, 5.74) is 1.86. The van der Waals surface area contributed by atoms with Gasteiger partial charge in [0.1, 0.15) is 0 Å². The lowest BCUT2D eigenvalue weighted by Gasteiger charge is -2.37. The molecule has 0 saturated carbocycles. The minimum atomic E-state index is 0.417. The van der Waals surface area contributed by atoms with Gasteiger partial charge in [-0.25, -0.2) is 4.98 Å². The average molecular weight is 221 g/mol. The van der Waals surface area contributed by atoms with Crippen molar-refractivity contribution in [1.82, 2.24) is 20.5 Å². The fourth-order valence-electron chi connectivity index (χ4n) is 1.87. The third kappa shape index (κ3) is 2.14. The van der Waals surface area contributed by atoms with Gasteiger partial charge < -0.3 is 10.2 Å². The predicted molar refractivity (Wildman–Crippen MR) is 63.6 cm³/mol. The van der Waals surface area contributed by atoms with Gasteiger partial charge in [0.05, 0.1) is 11.4 Å². The van der Waals surface area contributed by atoms with Gasteiger partial charge in [0.15, 0.2) is 0 Å². The summed E-state index contributed by atoms with van der Waals surface area (Å²) >= 11 is 0. The van der Waals surface area contributed by atoms with E-state index in [0.717, 1.165) is 30.4 Å². The van der Waals surface area contributed by atoms with Crippen molar-refractivity contribution >= 4 is 5.95 Å². The highest BCUT2D eigenvalue weighted by Crippen LogP contribution is 2.15. The van der Waals surface area contributed by atoms with Crippen LogP contribution in [0.5, 0.6) is 0 Å². The van der Waals surface area contributed by atoms with Crippen LogP contribution in [-0.2, 0) is 0 Å². The predicted octanol–water partition coefficient (Wildman–Crippen LogP) is 0.675. The van der Waals surface area contributed by atoms with Crippen LogP contribution in [-0.4, -0.2) is 40.4 Å². The maximum absolute atomic E-state index is 4.51. The van der Waals surface area contributed by atoms with E-state index in [-0.39, 0.29) is 0 Å². The first-order valence-corrected chi connectivity index (χ1v) is 5.76. The maximum atomic E-state index is 4.51. The zero-order chi connectivity index (χ0) is 11.7. The molecule has 1 aliphatic heterocycles. The van der Waals surface area contributed by atoms with Gasteiger partial charge in [-0.15, -0.1) is 5.10 Å². The molecule has 1 aromatic heterocycles. The number of aromatic nitrogens is 3. The van der Waals surface area contributed by atoms with E-state index >= 15 is 0 Å². The number of nitrogens with one attached hydrogen (secondary N) is 1. The van der Waals surface area contributed by atoms with Crippen molar-refractivity contribution in [1.29, 1.82) is 0 Å². The first-order valence-electron chi connectivity index (χ1n) is 5.76. The van der Waals surface area contributed by atoms with E-state index in [0.29, 0.717) is 12.1 Å². The summed E-state index contributed by atoms with van der Waals surface area (Å²) in [5, 5.41) is 11.8. The Morgan fingerprint density at radius 3 is 2.62 bits per heavy atom. The van der Waals surface area contributed by atoms with Crippen LogP contribution >= 0.6 is 0 Å². The molecule has 2 heterocycles. The molecule has 1 aliphatic rings. The second-order valence-electron chi connectivity index (χ2n) is 4.59. The molecule has 2 unspecified atom stereocenters. The number of hydrogen-bond donors (Lipinski definition) is 1. The molecule has 1 N–H and O–H groups in total. The molecule has 1 aromatic rings. The van der Waals surface area contributed by atoms with Crippen molar-refractivity contribution in [3.63, 3.8) is 0 Å². The summed E-state index contributed by atoms with van der Waals surface area (Å²) in [6, 6.07) is 0.890. The van der Waals surface area contributed by atoms with Crippen LogP contribution in [0.3, 0.4) is 0 Å². The quantitative estimate of drug-likeness (QED) is 0.755. The van der Waals surface area contributed by atoms with E-state index in [4.69, 9.17) is 0 Å². The lowest BCUT2D eigenvalue weighted by Crippen LogP contribution is -2.55. The Balaban J connectivity index is 2.24. The van der Waals surface area contributed by atoms with Gasteiger partial charge >= 0.3 is 0 Å². The number of aryl methyl sites for hydroxylation is 2. The third-order valence-electron chi connectivity index (χ3n) is 3.10. The van der Waals surface area contributed by atoms with Crippen molar-refractivity contribution in [2.24, 2.45) is 0 Å². The maximum Gasteiger partial charge on any atom is 0.245 e. The molecule has 2 rings (SSSR count). The molecule has 1 fully saturated rings. The number of nitrogens with zero attached hydrogens (tertiary/aromatic N) is 4. The number of piperazine rings is 1. The smallest absolute Gasteiger partial charge is 0.245 e. The molecule has 1 saturated heterocycles. The lowest BCUT2D eigenvalue weighted by atomic mass is 10.1. The molecular weight excluding hydrogens is 202 g/mol. The molecular formula is C11H19N5. The molecule has 0 aliphatic carbocycles. The zero-order valence-electron chi connectivity index (χ0n) is 10.4. The van der Waals surface area contributed by atoms with E-state index in [2.05, 4.69) is 39.2 Å². The summed E-state index contributed by atoms with van der Waals surface area (Å²) < 4.78 is 0. The normalized spacial score (nSPS) is 25.9. The highest BCUT2D eigenvalue weighted by molar-refractivity contribution is 5.33. The monoisotopic (exact) mass is 221 g/mol. The van der Waals surface area contributed by atoms with Crippen LogP contribution in [0.25, 0.3) is 0 Å². The van der Waals surface area contributed by atoms with Gasteiger partial charge in [0.2, 0.25) is 5.95 Å². The fraction of sp³-hybridized carbons (Fsp3) is 0.727. The average Bonchev–Trinajstić information content (AvgIpc) is 2.26. The highest BCUT2D eigenvalue weighted by atomic mass is 15.4. The molecule has 0 bridgehead atoms. The SMILES string of the molecule is Cc1nnc(N2CC(C)NCC2C)nc1C. The third-order valence-corrected chi connectivity index (χ3v) is 3.10. The molecule has 5 nitrogen and oxygen atoms in total. The molecule has 5 heteroatoms. The van der Waals surface area contributed by atoms with Gasteiger partial charge in [-0.2, -0.15) is 5.10 Å². The Hall–Kier alpha value is -1.23. The highest BCUT2D eigenvalue weighted by Gasteiger charge is 2.24. The van der Waals surface area contributed by atoms with Crippen LogP contribution in [0, 0.1) is 13.8 Å². The van der Waals surface area contributed by atoms with Gasteiger partial charge in [-0.05, 0) is 27.7 Å². The molecule has 0 spiro atoms. The minimum absolute atomic E-state index is 0.417. The Labute approximate surface area is 96.3 Å². The van der Waals surface area contributed by atoms with Crippen molar-refractivity contribution in [3.05, 3.63) is 11.4 Å². The van der Waals surface area contributed by atoms with E-state index in [9.17, 15) is 0 Å². The van der Waals surface area contributed by atoms with E-state index in [1.54, 1.807) is 0 Å². The van der Waals surface area contributed by atoms with Crippen LogP contribution in [0.15, 0.2) is 0 Å². The largest absolute Gasteiger partial charge is 0.334 e. The number of hydrogen-bond acceptors (Lipinski definition) is 5. The molecule has 2 atom stereocenters. The summed E-state index contributed by atoms with van der Waals surface area (Å²) in [6.45, 7) is 10.2. The molecule has 0 radical (unpaired) electrons. The van der Waals surface area contributed by atoms with Gasteiger partial charge in [0, 0.05) is 25.2 Å². The van der Waals surface area contributed by atoms with E-state index in [1.807, 2.05) is 13.8 Å². The number of rotatable bonds is 1. The Morgan fingerprint density at radius 1 is 1.19 bits per heavy atom. The van der Waals surface area contributed by atoms with Crippen molar-refractivity contribution in [2.75, 3.05) is 18.0 Å². The first-order chi connectivity index (χ1) is 7.58. The zero-order valence-corrected chi connectivity index (χ0v) is 10.4. The summed E-state index contributed by atoms with van der Waals surface area (Å²) in [4.78, 5) is 6.73. The molecule has 16 heavy (non-hydrogen) atoms. The molecule has 0 amide bonds. The van der Waals surface area contributed by atoms with Crippen LogP contribution in [0.1, 0.15) is 25.2 Å². The second kappa shape index (κ2) is 4.33. The van der Waals surface area contributed by atoms with Crippen molar-refractivity contribution in [3.8, 4) is 0 Å². The van der Waals surface area contributed by atoms with E-state index in [1.165, 1.54) is 0 Å². The van der Waals surface area contributed by atoms with Gasteiger partial charge in [0.25, 0.3) is 0 Å². The topological polar surface area (TPSA) is 53.9 Å². The van der Waals surface area contributed by atoms with Crippen LogP contribution < -0.4 is 10.2 Å². The van der Waals surface area contributed by atoms with Crippen LogP contribution in [0.4, 0.5) is 5.95 Å². The second-order valence-corrected chi connectivity index (χ2v) is 4.59. The summed E-state index contributed by atoms with van der Waals surface area (Å²) in [7, 11) is 0. The molecule has 88 valence electrons. The van der Waals surface area contributed by atoms with Crippen molar-refractivity contribution in [2.45, 2.75) is 39.8 Å². The Kier molecular flexibility index (Phi) is 3.05. The van der Waals surface area contributed by atoms with Gasteiger partial charge in [-0.1, -0.05) is 0 Å². The Bertz CT molecular complexity index is 379.